The van der Waals surface area contributed by atoms with Crippen LogP contribution in [-0.2, 0) is 11.4 Å². The number of rotatable bonds is 7. The maximum Gasteiger partial charge on any atom is 0.147 e. The predicted molar refractivity (Wildman–Crippen MR) is 141 cm³/mol. The summed E-state index contributed by atoms with van der Waals surface area (Å²) >= 11 is 0. The third-order valence-electron chi connectivity index (χ3n) is 6.02. The maximum atomic E-state index is 12.5. The number of aromatic nitrogens is 1. The third-order valence-corrected chi connectivity index (χ3v) is 6.02. The Kier molecular flexibility index (Phi) is 6.68. The summed E-state index contributed by atoms with van der Waals surface area (Å²) in [6.07, 6.45) is 6.52. The molecule has 0 spiro atoms. The molecule has 0 saturated carbocycles. The molecule has 0 N–H and O–H groups in total. The molecule has 2 heterocycles. The molecule has 5 nitrogen and oxygen atoms in total. The molecule has 1 unspecified atom stereocenters. The van der Waals surface area contributed by atoms with Crippen LogP contribution in [0.2, 0.25) is 0 Å². The van der Waals surface area contributed by atoms with Gasteiger partial charge in [0.25, 0.3) is 0 Å². The van der Waals surface area contributed by atoms with E-state index in [2.05, 4.69) is 11.1 Å². The van der Waals surface area contributed by atoms with Gasteiger partial charge in [0.15, 0.2) is 0 Å². The van der Waals surface area contributed by atoms with Crippen molar-refractivity contribution in [1.29, 1.82) is 5.26 Å². The number of hydrogen-bond donors (Lipinski definition) is 0. The van der Waals surface area contributed by atoms with Crippen LogP contribution in [0.25, 0.3) is 11.1 Å². The Labute approximate surface area is 210 Å². The molecule has 3 aromatic carbocycles. The molecule has 0 saturated heterocycles. The van der Waals surface area contributed by atoms with Crippen LogP contribution in [-0.4, -0.2) is 17.3 Å². The van der Waals surface area contributed by atoms with E-state index in [1.54, 1.807) is 12.3 Å². The minimum atomic E-state index is -0.628. The van der Waals surface area contributed by atoms with E-state index >= 15 is 0 Å². The highest BCUT2D eigenvalue weighted by Gasteiger charge is 2.29. The van der Waals surface area contributed by atoms with E-state index < -0.39 is 6.04 Å². The monoisotopic (exact) mass is 469 g/mol. The van der Waals surface area contributed by atoms with Crippen molar-refractivity contribution in [3.8, 4) is 11.8 Å². The fourth-order valence-electron chi connectivity index (χ4n) is 4.26. The van der Waals surface area contributed by atoms with Crippen LogP contribution < -0.4 is 9.64 Å². The van der Waals surface area contributed by atoms with Crippen LogP contribution in [0.4, 0.5) is 5.69 Å². The zero-order chi connectivity index (χ0) is 24.7. The Hall–Kier alpha value is -4.95. The van der Waals surface area contributed by atoms with Crippen LogP contribution in [0.15, 0.2) is 116 Å². The van der Waals surface area contributed by atoms with Crippen molar-refractivity contribution in [3.05, 3.63) is 138 Å². The molecule has 174 valence electrons. The van der Waals surface area contributed by atoms with E-state index in [1.165, 1.54) is 0 Å². The largest absolute Gasteiger partial charge is 0.489 e. The lowest BCUT2D eigenvalue weighted by Gasteiger charge is -2.33. The molecule has 0 aliphatic carbocycles. The number of benzene rings is 3. The van der Waals surface area contributed by atoms with Crippen molar-refractivity contribution in [1.82, 2.24) is 4.98 Å². The summed E-state index contributed by atoms with van der Waals surface area (Å²) in [4.78, 5) is 19.0. The van der Waals surface area contributed by atoms with E-state index in [0.717, 1.165) is 39.9 Å². The van der Waals surface area contributed by atoms with E-state index in [4.69, 9.17) is 4.74 Å². The summed E-state index contributed by atoms with van der Waals surface area (Å²) in [7, 11) is 0. The Morgan fingerprint density at radius 3 is 2.53 bits per heavy atom. The molecule has 0 bridgehead atoms. The minimum Gasteiger partial charge on any atom is -0.489 e. The van der Waals surface area contributed by atoms with Crippen LogP contribution >= 0.6 is 0 Å². The summed E-state index contributed by atoms with van der Waals surface area (Å²) < 4.78 is 6.05. The summed E-state index contributed by atoms with van der Waals surface area (Å²) in [5.41, 5.74) is 5.45. The lowest BCUT2D eigenvalue weighted by atomic mass is 9.89. The number of nitrogens with zero attached hydrogens (tertiary/aromatic N) is 3. The second kappa shape index (κ2) is 10.5. The van der Waals surface area contributed by atoms with Gasteiger partial charge >= 0.3 is 0 Å². The van der Waals surface area contributed by atoms with Gasteiger partial charge in [0.05, 0.1) is 17.3 Å². The number of carbonyl (C=O) groups excluding carboxylic acids is 1. The SMILES string of the molecule is N#Cc1ccccc1C1=CC(c2ccccn2)=CN(c2cccc(OCc3ccccc3)c2)C1C=O. The topological polar surface area (TPSA) is 66.2 Å². The molecule has 1 aliphatic heterocycles. The van der Waals surface area contributed by atoms with Gasteiger partial charge in [-0.3, -0.25) is 4.98 Å². The number of aldehydes is 1. The van der Waals surface area contributed by atoms with Gasteiger partial charge in [0, 0.05) is 29.7 Å². The van der Waals surface area contributed by atoms with Crippen molar-refractivity contribution in [3.63, 3.8) is 0 Å². The average molecular weight is 470 g/mol. The predicted octanol–water partition coefficient (Wildman–Crippen LogP) is 6.04. The number of nitriles is 1. The Balaban J connectivity index is 1.56. The average Bonchev–Trinajstić information content (AvgIpc) is 2.96. The molecule has 1 aromatic heterocycles. The lowest BCUT2D eigenvalue weighted by molar-refractivity contribution is -0.107. The minimum absolute atomic E-state index is 0.442. The molecule has 0 fully saturated rings. The molecule has 1 atom stereocenters. The first-order valence-electron chi connectivity index (χ1n) is 11.6. The zero-order valence-electron chi connectivity index (χ0n) is 19.5. The summed E-state index contributed by atoms with van der Waals surface area (Å²) in [5, 5.41) is 9.74. The first-order valence-corrected chi connectivity index (χ1v) is 11.6. The van der Waals surface area contributed by atoms with Crippen LogP contribution in [0.3, 0.4) is 0 Å². The number of carbonyl (C=O) groups is 1. The molecule has 0 amide bonds. The molecule has 36 heavy (non-hydrogen) atoms. The van der Waals surface area contributed by atoms with Crippen molar-refractivity contribution in [2.45, 2.75) is 12.6 Å². The normalized spacial score (nSPS) is 14.9. The van der Waals surface area contributed by atoms with Gasteiger partial charge in [-0.15, -0.1) is 0 Å². The fourth-order valence-corrected chi connectivity index (χ4v) is 4.26. The number of hydrogen-bond acceptors (Lipinski definition) is 5. The second-order valence-corrected chi connectivity index (χ2v) is 8.32. The van der Waals surface area contributed by atoms with Gasteiger partial charge in [-0.25, -0.2) is 0 Å². The van der Waals surface area contributed by atoms with Gasteiger partial charge in [-0.2, -0.15) is 5.26 Å². The zero-order valence-corrected chi connectivity index (χ0v) is 19.5. The van der Waals surface area contributed by atoms with E-state index in [1.807, 2.05) is 108 Å². The quantitative estimate of drug-likeness (QED) is 0.309. The van der Waals surface area contributed by atoms with Crippen LogP contribution in [0.5, 0.6) is 5.75 Å². The molecular formula is C31H23N3O2. The summed E-state index contributed by atoms with van der Waals surface area (Å²) in [6.45, 7) is 0.442. The van der Waals surface area contributed by atoms with Gasteiger partial charge in [0.2, 0.25) is 0 Å². The Bertz CT molecular complexity index is 1470. The van der Waals surface area contributed by atoms with Gasteiger partial charge in [-0.1, -0.05) is 60.7 Å². The number of ether oxygens (including phenoxy) is 1. The highest BCUT2D eigenvalue weighted by Crippen LogP contribution is 2.36. The van der Waals surface area contributed by atoms with Crippen LogP contribution in [0.1, 0.15) is 22.4 Å². The van der Waals surface area contributed by atoms with Crippen LogP contribution in [0, 0.1) is 11.3 Å². The third kappa shape index (κ3) is 4.79. The first kappa shape index (κ1) is 22.8. The maximum absolute atomic E-state index is 12.5. The molecular weight excluding hydrogens is 446 g/mol. The van der Waals surface area contributed by atoms with Gasteiger partial charge in [0.1, 0.15) is 24.7 Å². The first-order chi connectivity index (χ1) is 17.8. The fraction of sp³-hybridized carbons (Fsp3) is 0.0645. The highest BCUT2D eigenvalue weighted by atomic mass is 16.5. The molecule has 5 heteroatoms. The summed E-state index contributed by atoms with van der Waals surface area (Å²) in [6, 6.07) is 32.3. The highest BCUT2D eigenvalue weighted by molar-refractivity contribution is 5.99. The van der Waals surface area contributed by atoms with Crippen molar-refractivity contribution in [2.75, 3.05) is 4.90 Å². The van der Waals surface area contributed by atoms with E-state index in [0.29, 0.717) is 17.9 Å². The molecule has 5 rings (SSSR count). The van der Waals surface area contributed by atoms with Gasteiger partial charge in [-0.05, 0) is 53.1 Å². The molecule has 4 aromatic rings. The number of pyridine rings is 1. The van der Waals surface area contributed by atoms with E-state index in [9.17, 15) is 10.1 Å². The van der Waals surface area contributed by atoms with Crippen molar-refractivity contribution >= 4 is 23.1 Å². The molecule has 1 aliphatic rings. The van der Waals surface area contributed by atoms with Crippen molar-refractivity contribution in [2.24, 2.45) is 0 Å². The summed E-state index contributed by atoms with van der Waals surface area (Å²) in [5.74, 6) is 0.697. The molecule has 0 radical (unpaired) electrons. The number of allylic oxidation sites excluding steroid dienone is 2. The van der Waals surface area contributed by atoms with Crippen molar-refractivity contribution < 1.29 is 9.53 Å². The smallest absolute Gasteiger partial charge is 0.147 e. The lowest BCUT2D eigenvalue weighted by Crippen LogP contribution is -2.36. The Morgan fingerprint density at radius 2 is 1.75 bits per heavy atom. The van der Waals surface area contributed by atoms with Gasteiger partial charge < -0.3 is 14.4 Å². The standard InChI is InChI=1S/C31H23N3O2/c32-19-24-11-4-5-14-28(24)29-17-25(30-15-6-7-16-33-30)20-34(31(29)21-35)26-12-8-13-27(18-26)36-22-23-9-2-1-3-10-23/h1-18,20-21,31H,22H2. The second-order valence-electron chi connectivity index (χ2n) is 8.32. The Morgan fingerprint density at radius 1 is 0.944 bits per heavy atom. The van der Waals surface area contributed by atoms with E-state index in [-0.39, 0.29) is 0 Å². The number of anilines is 1.